The molecule has 0 aliphatic carbocycles. The number of hydrogen-bond acceptors (Lipinski definition) is 0. The van der Waals surface area contributed by atoms with E-state index in [0.29, 0.717) is 0 Å². The topological polar surface area (TPSA) is 0 Å². The summed E-state index contributed by atoms with van der Waals surface area (Å²) in [7, 11) is 0. The van der Waals surface area contributed by atoms with E-state index in [1.807, 2.05) is 12.2 Å². The molecule has 0 spiro atoms. The first-order chi connectivity index (χ1) is 20.8. The summed E-state index contributed by atoms with van der Waals surface area (Å²) >= 11 is 0. The van der Waals surface area contributed by atoms with E-state index < -0.39 is 0 Å². The van der Waals surface area contributed by atoms with Crippen molar-refractivity contribution in [2.24, 2.45) is 0 Å². The van der Waals surface area contributed by atoms with Gasteiger partial charge in [-0.3, -0.25) is 0 Å². The highest BCUT2D eigenvalue weighted by atomic mass is 14.2. The molecule has 0 N–H and O–H groups in total. The Morgan fingerprint density at radius 2 is 0.810 bits per heavy atom. The smallest absolute Gasteiger partial charge is 0.00203 e. The molecule has 0 saturated heterocycles. The average molecular weight is 533 g/mol. The Kier molecular flexibility index (Phi) is 5.55. The Balaban J connectivity index is 1.51. The third-order valence-corrected chi connectivity index (χ3v) is 8.78. The Morgan fingerprint density at radius 3 is 1.40 bits per heavy atom. The van der Waals surface area contributed by atoms with Gasteiger partial charge in [0.2, 0.25) is 0 Å². The van der Waals surface area contributed by atoms with Crippen molar-refractivity contribution in [1.29, 1.82) is 0 Å². The fraction of sp³-hybridized carbons (Fsp3) is 0. The van der Waals surface area contributed by atoms with Gasteiger partial charge in [-0.05, 0) is 87.6 Å². The summed E-state index contributed by atoms with van der Waals surface area (Å²) < 4.78 is 0. The SMILES string of the molecule is C=Cc1c(C=C)c(-c2ccc3ccc4c(-c5ccccc5)ccc5ccc2c3c54)c2ccccc2c1-c1ccccc1. The van der Waals surface area contributed by atoms with Crippen LogP contribution in [-0.2, 0) is 0 Å². The van der Waals surface area contributed by atoms with Crippen molar-refractivity contribution >= 4 is 55.2 Å². The lowest BCUT2D eigenvalue weighted by atomic mass is 9.81. The maximum absolute atomic E-state index is 4.33. The highest BCUT2D eigenvalue weighted by Gasteiger charge is 2.21. The highest BCUT2D eigenvalue weighted by molar-refractivity contribution is 6.28. The van der Waals surface area contributed by atoms with E-state index in [0.717, 1.165) is 11.1 Å². The summed E-state index contributed by atoms with van der Waals surface area (Å²) in [4.78, 5) is 0. The fourth-order valence-corrected chi connectivity index (χ4v) is 7.00. The molecule has 0 amide bonds. The number of benzene rings is 8. The highest BCUT2D eigenvalue weighted by Crippen LogP contribution is 2.47. The summed E-state index contributed by atoms with van der Waals surface area (Å²) in [6.07, 6.45) is 4.01. The molecule has 0 heteroatoms. The predicted octanol–water partition coefficient (Wildman–Crippen LogP) is 12.0. The van der Waals surface area contributed by atoms with Crippen molar-refractivity contribution in [1.82, 2.24) is 0 Å². The Hall–Kier alpha value is -5.46. The van der Waals surface area contributed by atoms with Crippen LogP contribution in [0.15, 0.2) is 147 Å². The molecule has 0 atom stereocenters. The molecule has 0 bridgehead atoms. The van der Waals surface area contributed by atoms with E-state index in [2.05, 4.69) is 147 Å². The molecular formula is C42H28. The second kappa shape index (κ2) is 9.58. The Bertz CT molecular complexity index is 2300. The zero-order valence-electron chi connectivity index (χ0n) is 23.3. The molecule has 196 valence electrons. The second-order valence-electron chi connectivity index (χ2n) is 10.9. The van der Waals surface area contributed by atoms with E-state index in [9.17, 15) is 0 Å². The Labute approximate surface area is 245 Å². The fourth-order valence-electron chi connectivity index (χ4n) is 7.00. The van der Waals surface area contributed by atoms with Crippen molar-refractivity contribution in [2.75, 3.05) is 0 Å². The minimum atomic E-state index is 1.11. The summed E-state index contributed by atoms with van der Waals surface area (Å²) in [5.41, 5.74) is 9.54. The molecule has 0 nitrogen and oxygen atoms in total. The molecule has 0 aliphatic rings. The first-order valence-corrected chi connectivity index (χ1v) is 14.4. The van der Waals surface area contributed by atoms with Crippen LogP contribution in [-0.4, -0.2) is 0 Å². The monoisotopic (exact) mass is 532 g/mol. The van der Waals surface area contributed by atoms with Crippen molar-refractivity contribution in [3.63, 3.8) is 0 Å². The third kappa shape index (κ3) is 3.49. The van der Waals surface area contributed by atoms with E-state index in [1.54, 1.807) is 0 Å². The quantitative estimate of drug-likeness (QED) is 0.193. The van der Waals surface area contributed by atoms with Gasteiger partial charge in [0, 0.05) is 0 Å². The summed E-state index contributed by atoms with van der Waals surface area (Å²) in [6.45, 7) is 8.61. The molecule has 0 unspecified atom stereocenters. The lowest BCUT2D eigenvalue weighted by Gasteiger charge is -2.22. The van der Waals surface area contributed by atoms with Crippen LogP contribution in [0.1, 0.15) is 11.1 Å². The minimum absolute atomic E-state index is 1.11. The van der Waals surface area contributed by atoms with Gasteiger partial charge >= 0.3 is 0 Å². The molecule has 0 saturated carbocycles. The van der Waals surface area contributed by atoms with Crippen LogP contribution >= 0.6 is 0 Å². The summed E-state index contributed by atoms with van der Waals surface area (Å²) in [5, 5.41) is 10.1. The van der Waals surface area contributed by atoms with Gasteiger partial charge < -0.3 is 0 Å². The number of fused-ring (bicyclic) bond motifs is 1. The van der Waals surface area contributed by atoms with Crippen molar-refractivity contribution in [2.45, 2.75) is 0 Å². The summed E-state index contributed by atoms with van der Waals surface area (Å²) in [6, 6.07) is 48.4. The Morgan fingerprint density at radius 1 is 0.357 bits per heavy atom. The molecular weight excluding hydrogens is 504 g/mol. The van der Waals surface area contributed by atoms with Crippen LogP contribution in [0.5, 0.6) is 0 Å². The van der Waals surface area contributed by atoms with E-state index in [-0.39, 0.29) is 0 Å². The van der Waals surface area contributed by atoms with Crippen molar-refractivity contribution in [3.8, 4) is 33.4 Å². The maximum Gasteiger partial charge on any atom is -0.00203 e. The van der Waals surface area contributed by atoms with Gasteiger partial charge in [-0.25, -0.2) is 0 Å². The summed E-state index contributed by atoms with van der Waals surface area (Å²) in [5.74, 6) is 0. The number of rotatable bonds is 5. The first kappa shape index (κ1) is 24.3. The van der Waals surface area contributed by atoms with Crippen LogP contribution in [0.25, 0.3) is 88.6 Å². The normalized spacial score (nSPS) is 11.5. The van der Waals surface area contributed by atoms with E-state index in [4.69, 9.17) is 0 Å². The molecule has 42 heavy (non-hydrogen) atoms. The molecule has 8 aromatic rings. The van der Waals surface area contributed by atoms with E-state index >= 15 is 0 Å². The van der Waals surface area contributed by atoms with Gasteiger partial charge in [-0.2, -0.15) is 0 Å². The lowest BCUT2D eigenvalue weighted by Crippen LogP contribution is -1.97. The van der Waals surface area contributed by atoms with Crippen LogP contribution in [0.2, 0.25) is 0 Å². The molecule has 0 radical (unpaired) electrons. The minimum Gasteiger partial charge on any atom is -0.0984 e. The molecule has 8 rings (SSSR count). The van der Waals surface area contributed by atoms with E-state index in [1.165, 1.54) is 76.5 Å². The van der Waals surface area contributed by atoms with Crippen LogP contribution in [0, 0.1) is 0 Å². The molecule has 0 fully saturated rings. The second-order valence-corrected chi connectivity index (χ2v) is 10.9. The van der Waals surface area contributed by atoms with Crippen molar-refractivity contribution < 1.29 is 0 Å². The van der Waals surface area contributed by atoms with Crippen LogP contribution in [0.4, 0.5) is 0 Å². The van der Waals surface area contributed by atoms with Gasteiger partial charge in [-0.15, -0.1) is 0 Å². The average Bonchev–Trinajstić information content (AvgIpc) is 3.06. The zero-order chi connectivity index (χ0) is 28.2. The number of hydrogen-bond donors (Lipinski definition) is 0. The van der Waals surface area contributed by atoms with Gasteiger partial charge in [0.25, 0.3) is 0 Å². The first-order valence-electron chi connectivity index (χ1n) is 14.4. The van der Waals surface area contributed by atoms with Gasteiger partial charge in [0.05, 0.1) is 0 Å². The molecule has 0 heterocycles. The van der Waals surface area contributed by atoms with Crippen molar-refractivity contribution in [3.05, 3.63) is 158 Å². The standard InChI is InChI=1S/C42H28/c1-3-31-32(4-2)42(35-18-12-11-17-34(35)39(31)28-15-9-6-10-16-28)38-26-22-30-20-24-36-33(27-13-7-5-8-14-27)23-19-29-21-25-37(38)41(30)40(29)36/h3-26H,1-2H2. The van der Waals surface area contributed by atoms with Gasteiger partial charge in [0.15, 0.2) is 0 Å². The largest absolute Gasteiger partial charge is 0.0984 e. The lowest BCUT2D eigenvalue weighted by molar-refractivity contribution is 1.59. The predicted molar refractivity (Wildman–Crippen MR) is 184 cm³/mol. The third-order valence-electron chi connectivity index (χ3n) is 8.78. The molecule has 0 aliphatic heterocycles. The zero-order valence-corrected chi connectivity index (χ0v) is 23.3. The molecule has 8 aromatic carbocycles. The maximum atomic E-state index is 4.33. The van der Waals surface area contributed by atoms with Gasteiger partial charge in [0.1, 0.15) is 0 Å². The molecule has 0 aromatic heterocycles. The van der Waals surface area contributed by atoms with Crippen LogP contribution < -0.4 is 0 Å². The van der Waals surface area contributed by atoms with Gasteiger partial charge in [-0.1, -0.05) is 159 Å². The van der Waals surface area contributed by atoms with Crippen LogP contribution in [0.3, 0.4) is 0 Å².